The van der Waals surface area contributed by atoms with Crippen LogP contribution in [0.25, 0.3) is 11.3 Å². The van der Waals surface area contributed by atoms with Crippen molar-refractivity contribution in [2.75, 3.05) is 5.32 Å². The molecule has 0 unspecified atom stereocenters. The Morgan fingerprint density at radius 3 is 2.46 bits per heavy atom. The second kappa shape index (κ2) is 7.63. The summed E-state index contributed by atoms with van der Waals surface area (Å²) in [6.45, 7) is 1.52. The highest BCUT2D eigenvalue weighted by molar-refractivity contribution is 5.90. The number of aromatic nitrogens is 3. The third-order valence-corrected chi connectivity index (χ3v) is 3.97. The van der Waals surface area contributed by atoms with Crippen molar-refractivity contribution >= 4 is 11.7 Å². The van der Waals surface area contributed by atoms with Gasteiger partial charge in [-0.25, -0.2) is 9.97 Å². The lowest BCUT2D eigenvalue weighted by Crippen LogP contribution is -2.28. The summed E-state index contributed by atoms with van der Waals surface area (Å²) in [5.41, 5.74) is 0.0737. The minimum absolute atomic E-state index is 0.218. The molecule has 0 spiro atoms. The van der Waals surface area contributed by atoms with Gasteiger partial charge < -0.3 is 5.32 Å². The number of aryl methyl sites for hydroxylation is 1. The van der Waals surface area contributed by atoms with E-state index >= 15 is 0 Å². The first-order chi connectivity index (χ1) is 13.2. The number of nitrogens with one attached hydrogen (secondary N) is 1. The average Bonchev–Trinajstić information content (AvgIpc) is 2.65. The van der Waals surface area contributed by atoms with E-state index in [4.69, 9.17) is 0 Å². The van der Waals surface area contributed by atoms with Gasteiger partial charge in [-0.05, 0) is 30.7 Å². The van der Waals surface area contributed by atoms with Crippen molar-refractivity contribution in [2.24, 2.45) is 0 Å². The topological polar surface area (TPSA) is 76.9 Å². The van der Waals surface area contributed by atoms with E-state index in [-0.39, 0.29) is 12.2 Å². The van der Waals surface area contributed by atoms with Crippen LogP contribution in [0.4, 0.5) is 19.0 Å². The maximum atomic E-state index is 12.6. The summed E-state index contributed by atoms with van der Waals surface area (Å²) in [5.74, 6) is -0.0529. The van der Waals surface area contributed by atoms with E-state index in [0.29, 0.717) is 11.4 Å². The lowest BCUT2D eigenvalue weighted by atomic mass is 10.1. The Hall–Kier alpha value is -3.49. The summed E-state index contributed by atoms with van der Waals surface area (Å²) >= 11 is 0. The van der Waals surface area contributed by atoms with E-state index in [0.717, 1.165) is 22.3 Å². The smallest absolute Gasteiger partial charge is 0.309 e. The molecule has 2 heterocycles. The molecule has 3 aromatic rings. The van der Waals surface area contributed by atoms with Crippen molar-refractivity contribution in [1.82, 2.24) is 14.5 Å². The molecular formula is C19H15F3N4O2. The van der Waals surface area contributed by atoms with E-state index < -0.39 is 23.2 Å². The highest BCUT2D eigenvalue weighted by Gasteiger charge is 2.30. The molecule has 0 aliphatic carbocycles. The fraction of sp³-hybridized carbons (Fsp3) is 0.158. The van der Waals surface area contributed by atoms with Crippen LogP contribution < -0.4 is 10.9 Å². The fourth-order valence-corrected chi connectivity index (χ4v) is 2.48. The monoisotopic (exact) mass is 388 g/mol. The molecule has 0 radical (unpaired) electrons. The highest BCUT2D eigenvalue weighted by Crippen LogP contribution is 2.30. The predicted octanol–water partition coefficient (Wildman–Crippen LogP) is 3.27. The van der Waals surface area contributed by atoms with Crippen molar-refractivity contribution < 1.29 is 18.0 Å². The van der Waals surface area contributed by atoms with E-state index in [9.17, 15) is 22.8 Å². The number of rotatable bonds is 4. The third kappa shape index (κ3) is 4.43. The van der Waals surface area contributed by atoms with Crippen LogP contribution in [0, 0.1) is 6.92 Å². The van der Waals surface area contributed by atoms with Crippen LogP contribution in [0.3, 0.4) is 0 Å². The zero-order valence-electron chi connectivity index (χ0n) is 14.7. The molecule has 0 saturated carbocycles. The van der Waals surface area contributed by atoms with Crippen LogP contribution in [0.1, 0.15) is 11.1 Å². The molecule has 1 amide bonds. The first-order valence-corrected chi connectivity index (χ1v) is 8.19. The number of carbonyl (C=O) groups is 1. The number of hydrogen-bond acceptors (Lipinski definition) is 4. The molecule has 9 heteroatoms. The molecular weight excluding hydrogens is 373 g/mol. The minimum atomic E-state index is -4.44. The molecule has 3 rings (SSSR count). The number of anilines is 1. The molecule has 0 fully saturated rings. The van der Waals surface area contributed by atoms with E-state index in [1.54, 1.807) is 19.1 Å². The normalized spacial score (nSPS) is 11.3. The van der Waals surface area contributed by atoms with E-state index in [2.05, 4.69) is 15.3 Å². The molecule has 0 atom stereocenters. The van der Waals surface area contributed by atoms with Crippen molar-refractivity contribution in [3.63, 3.8) is 0 Å². The van der Waals surface area contributed by atoms with Gasteiger partial charge in [-0.1, -0.05) is 18.2 Å². The van der Waals surface area contributed by atoms with E-state index in [1.165, 1.54) is 30.7 Å². The van der Waals surface area contributed by atoms with Crippen molar-refractivity contribution in [1.29, 1.82) is 0 Å². The SMILES string of the molecule is Cc1cccnc1NC(=O)Cn1cnc(-c2ccc(C(F)(F)F)cc2)cc1=O. The molecule has 28 heavy (non-hydrogen) atoms. The third-order valence-electron chi connectivity index (χ3n) is 3.97. The molecule has 144 valence electrons. The zero-order chi connectivity index (χ0) is 20.3. The number of alkyl halides is 3. The van der Waals surface area contributed by atoms with Crippen molar-refractivity contribution in [3.05, 3.63) is 76.5 Å². The summed E-state index contributed by atoms with van der Waals surface area (Å²) in [6.07, 6.45) is -1.72. The number of pyridine rings is 1. The van der Waals surface area contributed by atoms with Gasteiger partial charge in [-0.3, -0.25) is 14.2 Å². The summed E-state index contributed by atoms with van der Waals surface area (Å²) in [7, 11) is 0. The van der Waals surface area contributed by atoms with Crippen molar-refractivity contribution in [3.8, 4) is 11.3 Å². The first kappa shape index (κ1) is 19.3. The molecule has 1 aromatic carbocycles. The summed E-state index contributed by atoms with van der Waals surface area (Å²) in [5, 5.41) is 2.61. The van der Waals surface area contributed by atoms with Gasteiger partial charge in [0.1, 0.15) is 12.4 Å². The van der Waals surface area contributed by atoms with Gasteiger partial charge >= 0.3 is 6.18 Å². The number of halogens is 3. The molecule has 0 aliphatic heterocycles. The summed E-state index contributed by atoms with van der Waals surface area (Å²) in [6, 6.07) is 9.02. The van der Waals surface area contributed by atoms with Crippen LogP contribution in [-0.4, -0.2) is 20.4 Å². The quantitative estimate of drug-likeness (QED) is 0.744. The predicted molar refractivity (Wildman–Crippen MR) is 96.5 cm³/mol. The molecule has 2 aromatic heterocycles. The van der Waals surface area contributed by atoms with Crippen LogP contribution in [-0.2, 0) is 17.5 Å². The Morgan fingerprint density at radius 1 is 1.14 bits per heavy atom. The summed E-state index contributed by atoms with van der Waals surface area (Å²) in [4.78, 5) is 32.5. The molecule has 1 N–H and O–H groups in total. The average molecular weight is 388 g/mol. The Labute approximate surface area is 157 Å². The number of benzene rings is 1. The minimum Gasteiger partial charge on any atom is -0.309 e. The van der Waals surface area contributed by atoms with Gasteiger partial charge in [0.15, 0.2) is 0 Å². The number of hydrogen-bond donors (Lipinski definition) is 1. The van der Waals surface area contributed by atoms with Gasteiger partial charge in [0, 0.05) is 17.8 Å². The maximum Gasteiger partial charge on any atom is 0.416 e. The Kier molecular flexibility index (Phi) is 5.25. The van der Waals surface area contributed by atoms with Gasteiger partial charge in [0.25, 0.3) is 5.56 Å². The van der Waals surface area contributed by atoms with Gasteiger partial charge in [0.05, 0.1) is 17.6 Å². The first-order valence-electron chi connectivity index (χ1n) is 8.19. The van der Waals surface area contributed by atoms with Crippen LogP contribution >= 0.6 is 0 Å². The molecule has 0 saturated heterocycles. The number of carbonyl (C=O) groups excluding carboxylic acids is 1. The van der Waals surface area contributed by atoms with Crippen LogP contribution in [0.2, 0.25) is 0 Å². The van der Waals surface area contributed by atoms with Crippen molar-refractivity contribution in [2.45, 2.75) is 19.6 Å². The zero-order valence-corrected chi connectivity index (χ0v) is 14.7. The van der Waals surface area contributed by atoms with Gasteiger partial charge in [-0.15, -0.1) is 0 Å². The molecule has 0 bridgehead atoms. The largest absolute Gasteiger partial charge is 0.416 e. The number of nitrogens with zero attached hydrogens (tertiary/aromatic N) is 3. The number of amides is 1. The molecule has 6 nitrogen and oxygen atoms in total. The lowest BCUT2D eigenvalue weighted by Gasteiger charge is -2.09. The van der Waals surface area contributed by atoms with Gasteiger partial charge in [0.2, 0.25) is 5.91 Å². The second-order valence-corrected chi connectivity index (χ2v) is 6.03. The highest BCUT2D eigenvalue weighted by atomic mass is 19.4. The Balaban J connectivity index is 1.74. The van der Waals surface area contributed by atoms with Gasteiger partial charge in [-0.2, -0.15) is 13.2 Å². The Bertz CT molecular complexity index is 1060. The summed E-state index contributed by atoms with van der Waals surface area (Å²) < 4.78 is 39.0. The molecule has 0 aliphatic rings. The fourth-order valence-electron chi connectivity index (χ4n) is 2.48. The maximum absolute atomic E-state index is 12.6. The Morgan fingerprint density at radius 2 is 1.86 bits per heavy atom. The second-order valence-electron chi connectivity index (χ2n) is 6.03. The van der Waals surface area contributed by atoms with Crippen LogP contribution in [0.5, 0.6) is 0 Å². The standard InChI is InChI=1S/C19H15F3N4O2/c1-12-3-2-8-23-18(12)25-16(27)10-26-11-24-15(9-17(26)28)13-4-6-14(7-5-13)19(20,21)22/h2-9,11H,10H2,1H3,(H,23,25,27). The van der Waals surface area contributed by atoms with E-state index in [1.807, 2.05) is 0 Å². The lowest BCUT2D eigenvalue weighted by molar-refractivity contribution is -0.137. The van der Waals surface area contributed by atoms with Crippen LogP contribution in [0.15, 0.2) is 59.8 Å².